The quantitative estimate of drug-likeness (QED) is 0.454. The fraction of sp³-hybridized carbons (Fsp3) is 0.333. The van der Waals surface area contributed by atoms with Crippen LogP contribution in [0.15, 0.2) is 36.0 Å². The van der Waals surface area contributed by atoms with Crippen molar-refractivity contribution >= 4 is 11.6 Å². The number of nitriles is 1. The molecule has 0 heterocycles. The van der Waals surface area contributed by atoms with Crippen LogP contribution in [0.25, 0.3) is 0 Å². The van der Waals surface area contributed by atoms with Crippen molar-refractivity contribution in [1.29, 1.82) is 5.26 Å². The van der Waals surface area contributed by atoms with Crippen molar-refractivity contribution in [3.8, 4) is 11.8 Å². The minimum atomic E-state index is -0.430. The van der Waals surface area contributed by atoms with Crippen LogP contribution in [0.4, 0.5) is 5.69 Å². The van der Waals surface area contributed by atoms with Crippen molar-refractivity contribution in [2.45, 2.75) is 20.3 Å². The van der Waals surface area contributed by atoms with E-state index in [1.165, 1.54) is 6.20 Å². The molecular weight excluding hydrogens is 254 g/mol. The minimum absolute atomic E-state index is 0.0485. The molecule has 1 aromatic rings. The zero-order valence-corrected chi connectivity index (χ0v) is 11.8. The number of rotatable bonds is 7. The molecule has 0 saturated heterocycles. The minimum Gasteiger partial charge on any atom is -0.494 e. The molecule has 0 fully saturated rings. The van der Waals surface area contributed by atoms with Crippen LogP contribution in [0.1, 0.15) is 20.3 Å². The van der Waals surface area contributed by atoms with E-state index >= 15 is 0 Å². The summed E-state index contributed by atoms with van der Waals surface area (Å²) >= 11 is 0. The maximum atomic E-state index is 11.9. The zero-order chi connectivity index (χ0) is 14.8. The molecule has 1 amide bonds. The monoisotopic (exact) mass is 273 g/mol. The number of nitrogens with zero attached hydrogens (tertiary/aromatic N) is 1. The number of carbonyl (C=O) groups excluding carboxylic acids is 1. The fourth-order valence-electron chi connectivity index (χ4n) is 1.47. The highest BCUT2D eigenvalue weighted by atomic mass is 16.5. The Morgan fingerprint density at radius 2 is 2.05 bits per heavy atom. The first-order chi connectivity index (χ1) is 9.71. The Morgan fingerprint density at radius 1 is 1.35 bits per heavy atom. The number of carbonyl (C=O) groups is 1. The average Bonchev–Trinajstić information content (AvgIpc) is 2.46. The lowest BCUT2D eigenvalue weighted by atomic mass is 10.2. The molecule has 1 aromatic carbocycles. The van der Waals surface area contributed by atoms with E-state index in [1.807, 2.05) is 19.9 Å². The summed E-state index contributed by atoms with van der Waals surface area (Å²) in [4.78, 5) is 11.9. The topological polar surface area (TPSA) is 74.2 Å². The molecule has 2 N–H and O–H groups in total. The van der Waals surface area contributed by atoms with Crippen LogP contribution >= 0.6 is 0 Å². The number of hydrogen-bond donors (Lipinski definition) is 2. The van der Waals surface area contributed by atoms with Crippen molar-refractivity contribution < 1.29 is 9.53 Å². The Kier molecular flexibility index (Phi) is 6.69. The third-order valence-electron chi connectivity index (χ3n) is 2.43. The van der Waals surface area contributed by atoms with Crippen molar-refractivity contribution in [2.24, 2.45) is 0 Å². The average molecular weight is 273 g/mol. The van der Waals surface area contributed by atoms with Gasteiger partial charge in [-0.15, -0.1) is 0 Å². The van der Waals surface area contributed by atoms with Gasteiger partial charge in [-0.25, -0.2) is 0 Å². The molecule has 0 atom stereocenters. The second-order valence-corrected chi connectivity index (χ2v) is 4.04. The molecule has 0 bridgehead atoms. The van der Waals surface area contributed by atoms with Crippen molar-refractivity contribution in [3.63, 3.8) is 0 Å². The summed E-state index contributed by atoms with van der Waals surface area (Å²) < 4.78 is 5.31. The molecule has 5 nitrogen and oxygen atoms in total. The number of anilines is 1. The van der Waals surface area contributed by atoms with Crippen LogP contribution in [0.3, 0.4) is 0 Å². The number of amides is 1. The predicted molar refractivity (Wildman–Crippen MR) is 78.2 cm³/mol. The molecule has 5 heteroatoms. The standard InChI is InChI=1S/C15H19N3O2/c1-3-9-17-11-12(10-16)15(19)18-13-5-7-14(8-6-13)20-4-2/h5-8,11,17H,3-4,9H2,1-2H3,(H,18,19)/b12-11-. The normalized spacial score (nSPS) is 10.6. The Morgan fingerprint density at radius 3 is 2.60 bits per heavy atom. The van der Waals surface area contributed by atoms with Gasteiger partial charge in [-0.3, -0.25) is 4.79 Å². The zero-order valence-electron chi connectivity index (χ0n) is 11.8. The third-order valence-corrected chi connectivity index (χ3v) is 2.43. The lowest BCUT2D eigenvalue weighted by molar-refractivity contribution is -0.112. The second-order valence-electron chi connectivity index (χ2n) is 4.04. The summed E-state index contributed by atoms with van der Waals surface area (Å²) in [5.74, 6) is 0.312. The highest BCUT2D eigenvalue weighted by molar-refractivity contribution is 6.06. The van der Waals surface area contributed by atoms with Crippen LogP contribution in [-0.4, -0.2) is 19.1 Å². The molecule has 0 unspecified atom stereocenters. The molecular formula is C15H19N3O2. The van der Waals surface area contributed by atoms with Gasteiger partial charge in [0.2, 0.25) is 0 Å². The van der Waals surface area contributed by atoms with Gasteiger partial charge in [-0.1, -0.05) is 6.92 Å². The summed E-state index contributed by atoms with van der Waals surface area (Å²) in [6.45, 7) is 5.23. The van der Waals surface area contributed by atoms with Gasteiger partial charge in [0.1, 0.15) is 17.4 Å². The van der Waals surface area contributed by atoms with Gasteiger partial charge in [0.15, 0.2) is 0 Å². The van der Waals surface area contributed by atoms with Crippen molar-refractivity contribution in [2.75, 3.05) is 18.5 Å². The van der Waals surface area contributed by atoms with E-state index < -0.39 is 5.91 Å². The van der Waals surface area contributed by atoms with Gasteiger partial charge in [0.05, 0.1) is 6.61 Å². The van der Waals surface area contributed by atoms with Crippen molar-refractivity contribution in [1.82, 2.24) is 5.32 Å². The second kappa shape index (κ2) is 8.59. The first-order valence-corrected chi connectivity index (χ1v) is 6.59. The smallest absolute Gasteiger partial charge is 0.267 e. The van der Waals surface area contributed by atoms with Gasteiger partial charge >= 0.3 is 0 Å². The first kappa shape index (κ1) is 15.6. The molecule has 0 spiro atoms. The Labute approximate surface area is 119 Å². The molecule has 0 aliphatic carbocycles. The van der Waals surface area contributed by atoms with Gasteiger partial charge < -0.3 is 15.4 Å². The Bertz CT molecular complexity index is 501. The molecule has 1 rings (SSSR count). The third kappa shape index (κ3) is 5.02. The van der Waals surface area contributed by atoms with E-state index in [9.17, 15) is 4.79 Å². The van der Waals surface area contributed by atoms with Gasteiger partial charge in [-0.05, 0) is 37.6 Å². The molecule has 0 aromatic heterocycles. The summed E-state index contributed by atoms with van der Waals surface area (Å²) in [6, 6.07) is 8.88. The summed E-state index contributed by atoms with van der Waals surface area (Å²) in [6.07, 6.45) is 2.36. The summed E-state index contributed by atoms with van der Waals surface area (Å²) in [5, 5.41) is 14.5. The largest absolute Gasteiger partial charge is 0.494 e. The number of ether oxygens (including phenoxy) is 1. The molecule has 0 saturated carbocycles. The lowest BCUT2D eigenvalue weighted by Crippen LogP contribution is -2.17. The SMILES string of the molecule is CCCN/C=C(/C#N)C(=O)Nc1ccc(OCC)cc1. The Balaban J connectivity index is 2.64. The van der Waals surface area contributed by atoms with Crippen molar-refractivity contribution in [3.05, 3.63) is 36.0 Å². The van der Waals surface area contributed by atoms with Crippen LogP contribution in [-0.2, 0) is 4.79 Å². The molecule has 0 aliphatic rings. The summed E-state index contributed by atoms with van der Waals surface area (Å²) in [7, 11) is 0. The Hall–Kier alpha value is -2.48. The number of hydrogen-bond acceptors (Lipinski definition) is 4. The van der Waals surface area contributed by atoms with Gasteiger partial charge in [-0.2, -0.15) is 5.26 Å². The van der Waals surface area contributed by atoms with Gasteiger partial charge in [0, 0.05) is 18.4 Å². The molecule has 0 radical (unpaired) electrons. The van der Waals surface area contributed by atoms with E-state index in [1.54, 1.807) is 24.3 Å². The fourth-order valence-corrected chi connectivity index (χ4v) is 1.47. The lowest BCUT2D eigenvalue weighted by Gasteiger charge is -2.06. The van der Waals surface area contributed by atoms with E-state index in [-0.39, 0.29) is 5.57 Å². The molecule has 106 valence electrons. The van der Waals surface area contributed by atoms with E-state index in [4.69, 9.17) is 10.00 Å². The van der Waals surface area contributed by atoms with Crippen LogP contribution in [0.5, 0.6) is 5.75 Å². The molecule has 0 aliphatic heterocycles. The maximum absolute atomic E-state index is 11.9. The van der Waals surface area contributed by atoms with Gasteiger partial charge in [0.25, 0.3) is 5.91 Å². The van der Waals surface area contributed by atoms with E-state index in [0.717, 1.165) is 18.7 Å². The predicted octanol–water partition coefficient (Wildman–Crippen LogP) is 2.43. The highest BCUT2D eigenvalue weighted by Crippen LogP contribution is 2.16. The highest BCUT2D eigenvalue weighted by Gasteiger charge is 2.08. The van der Waals surface area contributed by atoms with E-state index in [0.29, 0.717) is 12.3 Å². The van der Waals surface area contributed by atoms with Crippen LogP contribution < -0.4 is 15.4 Å². The van der Waals surface area contributed by atoms with E-state index in [2.05, 4.69) is 10.6 Å². The number of nitrogens with one attached hydrogen (secondary N) is 2. The van der Waals surface area contributed by atoms with Crippen LogP contribution in [0.2, 0.25) is 0 Å². The summed E-state index contributed by atoms with van der Waals surface area (Å²) in [5.41, 5.74) is 0.669. The maximum Gasteiger partial charge on any atom is 0.267 e. The number of benzene rings is 1. The van der Waals surface area contributed by atoms with Crippen LogP contribution in [0, 0.1) is 11.3 Å². The first-order valence-electron chi connectivity index (χ1n) is 6.59. The molecule has 20 heavy (non-hydrogen) atoms.